The van der Waals surface area contributed by atoms with E-state index in [1.165, 1.54) is 12.3 Å². The highest BCUT2D eigenvalue weighted by Gasteiger charge is 2.19. The molecular weight excluding hydrogens is 344 g/mol. The van der Waals surface area contributed by atoms with Crippen molar-refractivity contribution in [3.05, 3.63) is 41.9 Å². The maximum absolute atomic E-state index is 12.2. The molecule has 0 saturated carbocycles. The quantitative estimate of drug-likeness (QED) is 0.654. The van der Waals surface area contributed by atoms with Crippen LogP contribution in [0.25, 0.3) is 0 Å². The lowest BCUT2D eigenvalue weighted by molar-refractivity contribution is 0.0946. The van der Waals surface area contributed by atoms with E-state index in [1.54, 1.807) is 32.2 Å². The van der Waals surface area contributed by atoms with E-state index in [4.69, 9.17) is 4.74 Å². The molecule has 2 rings (SSSR count). The molecule has 136 valence electrons. The van der Waals surface area contributed by atoms with Crippen LogP contribution in [0.15, 0.2) is 35.5 Å². The van der Waals surface area contributed by atoms with Crippen molar-refractivity contribution in [2.24, 2.45) is 0 Å². The SMILES string of the molecule is CCOc1cc(CNC(=O)c2cc(S(=O)(=O)NC(C)C)c[nH]2)ccn1. The van der Waals surface area contributed by atoms with E-state index >= 15 is 0 Å². The Labute approximate surface area is 147 Å². The molecule has 2 heterocycles. The van der Waals surface area contributed by atoms with Crippen LogP contribution < -0.4 is 14.8 Å². The highest BCUT2D eigenvalue weighted by atomic mass is 32.2. The van der Waals surface area contributed by atoms with Crippen molar-refractivity contribution in [3.63, 3.8) is 0 Å². The first kappa shape index (κ1) is 18.9. The average molecular weight is 366 g/mol. The Morgan fingerprint density at radius 2 is 2.12 bits per heavy atom. The maximum Gasteiger partial charge on any atom is 0.268 e. The van der Waals surface area contributed by atoms with E-state index in [-0.39, 0.29) is 23.2 Å². The van der Waals surface area contributed by atoms with Crippen molar-refractivity contribution >= 4 is 15.9 Å². The van der Waals surface area contributed by atoms with Gasteiger partial charge in [-0.25, -0.2) is 18.1 Å². The predicted molar refractivity (Wildman–Crippen MR) is 92.8 cm³/mol. The van der Waals surface area contributed by atoms with E-state index in [0.29, 0.717) is 12.5 Å². The van der Waals surface area contributed by atoms with Gasteiger partial charge in [0.15, 0.2) is 0 Å². The lowest BCUT2D eigenvalue weighted by Crippen LogP contribution is -2.30. The largest absolute Gasteiger partial charge is 0.478 e. The van der Waals surface area contributed by atoms with Crippen molar-refractivity contribution < 1.29 is 17.9 Å². The number of nitrogens with one attached hydrogen (secondary N) is 3. The number of hydrogen-bond donors (Lipinski definition) is 3. The van der Waals surface area contributed by atoms with Gasteiger partial charge in [0.25, 0.3) is 5.91 Å². The fourth-order valence-electron chi connectivity index (χ4n) is 2.10. The third-order valence-electron chi connectivity index (χ3n) is 3.15. The van der Waals surface area contributed by atoms with Crippen LogP contribution in [0.2, 0.25) is 0 Å². The van der Waals surface area contributed by atoms with Crippen LogP contribution in [-0.2, 0) is 16.6 Å². The number of hydrogen-bond acceptors (Lipinski definition) is 5. The van der Waals surface area contributed by atoms with Gasteiger partial charge in [0, 0.05) is 31.0 Å². The average Bonchev–Trinajstić information content (AvgIpc) is 3.03. The van der Waals surface area contributed by atoms with Gasteiger partial charge in [-0.1, -0.05) is 0 Å². The Kier molecular flexibility index (Phi) is 6.16. The monoisotopic (exact) mass is 366 g/mol. The van der Waals surface area contributed by atoms with Gasteiger partial charge in [-0.2, -0.15) is 0 Å². The summed E-state index contributed by atoms with van der Waals surface area (Å²) in [6.07, 6.45) is 2.89. The molecule has 0 aromatic carbocycles. The number of aromatic nitrogens is 2. The molecule has 0 saturated heterocycles. The Morgan fingerprint density at radius 1 is 1.36 bits per heavy atom. The number of carbonyl (C=O) groups is 1. The van der Waals surface area contributed by atoms with E-state index in [1.807, 2.05) is 6.92 Å². The summed E-state index contributed by atoms with van der Waals surface area (Å²) in [6.45, 7) is 6.09. The van der Waals surface area contributed by atoms with Gasteiger partial charge in [0.1, 0.15) is 10.6 Å². The highest BCUT2D eigenvalue weighted by Crippen LogP contribution is 2.12. The fraction of sp³-hybridized carbons (Fsp3) is 0.375. The van der Waals surface area contributed by atoms with E-state index in [0.717, 1.165) is 5.56 Å². The zero-order valence-corrected chi connectivity index (χ0v) is 15.2. The Balaban J connectivity index is 2.01. The molecule has 0 bridgehead atoms. The molecule has 0 unspecified atom stereocenters. The smallest absolute Gasteiger partial charge is 0.268 e. The minimum absolute atomic E-state index is 0.0221. The van der Waals surface area contributed by atoms with Crippen LogP contribution in [0.5, 0.6) is 5.88 Å². The summed E-state index contributed by atoms with van der Waals surface area (Å²) in [5, 5.41) is 2.72. The number of aromatic amines is 1. The van der Waals surface area contributed by atoms with Crippen LogP contribution >= 0.6 is 0 Å². The molecule has 0 aliphatic heterocycles. The molecule has 0 fully saturated rings. The molecule has 1 amide bonds. The van der Waals surface area contributed by atoms with Crippen LogP contribution in [0.1, 0.15) is 36.8 Å². The summed E-state index contributed by atoms with van der Waals surface area (Å²) >= 11 is 0. The summed E-state index contributed by atoms with van der Waals surface area (Å²) in [6, 6.07) is 4.57. The van der Waals surface area contributed by atoms with Gasteiger partial charge in [-0.05, 0) is 38.5 Å². The second kappa shape index (κ2) is 8.13. The Morgan fingerprint density at radius 3 is 2.80 bits per heavy atom. The first-order valence-corrected chi connectivity index (χ1v) is 9.37. The number of pyridine rings is 1. The molecule has 2 aromatic heterocycles. The van der Waals surface area contributed by atoms with Crippen LogP contribution in [-0.4, -0.2) is 36.9 Å². The van der Waals surface area contributed by atoms with Gasteiger partial charge in [-0.15, -0.1) is 0 Å². The molecular formula is C16H22N4O4S. The highest BCUT2D eigenvalue weighted by molar-refractivity contribution is 7.89. The summed E-state index contributed by atoms with van der Waals surface area (Å²) < 4.78 is 31.9. The van der Waals surface area contributed by atoms with E-state index in [9.17, 15) is 13.2 Å². The summed E-state index contributed by atoms with van der Waals surface area (Å²) in [5.41, 5.74) is 0.996. The predicted octanol–water partition coefficient (Wildman–Crippen LogP) is 1.43. The van der Waals surface area contributed by atoms with E-state index < -0.39 is 15.9 Å². The standard InChI is InChI=1S/C16H22N4O4S/c1-4-24-15-7-12(5-6-17-15)9-19-16(21)14-8-13(10-18-14)25(22,23)20-11(2)3/h5-8,10-11,18,20H,4,9H2,1-3H3,(H,19,21). The van der Waals surface area contributed by atoms with Crippen molar-refractivity contribution in [1.29, 1.82) is 0 Å². The number of carbonyl (C=O) groups excluding carboxylic acids is 1. The summed E-state index contributed by atoms with van der Waals surface area (Å²) in [5.74, 6) is 0.0861. The van der Waals surface area contributed by atoms with Crippen LogP contribution in [0.3, 0.4) is 0 Å². The van der Waals surface area contributed by atoms with Crippen LogP contribution in [0, 0.1) is 0 Å². The van der Waals surface area contributed by atoms with Gasteiger partial charge in [0.05, 0.1) is 6.61 Å². The first-order chi connectivity index (χ1) is 11.8. The third-order valence-corrected chi connectivity index (χ3v) is 4.78. The third kappa shape index (κ3) is 5.30. The van der Waals surface area contributed by atoms with Crippen molar-refractivity contribution in [2.75, 3.05) is 6.61 Å². The molecule has 8 nitrogen and oxygen atoms in total. The number of sulfonamides is 1. The minimum Gasteiger partial charge on any atom is -0.478 e. The van der Waals surface area contributed by atoms with Gasteiger partial charge in [-0.3, -0.25) is 4.79 Å². The van der Waals surface area contributed by atoms with Gasteiger partial charge < -0.3 is 15.0 Å². The molecule has 0 aliphatic carbocycles. The molecule has 3 N–H and O–H groups in total. The number of nitrogens with zero attached hydrogens (tertiary/aromatic N) is 1. The maximum atomic E-state index is 12.2. The molecule has 0 radical (unpaired) electrons. The molecule has 0 aliphatic rings. The molecule has 0 atom stereocenters. The lowest BCUT2D eigenvalue weighted by Gasteiger charge is -2.07. The Hall–Kier alpha value is -2.39. The minimum atomic E-state index is -3.64. The topological polar surface area (TPSA) is 113 Å². The normalized spacial score (nSPS) is 11.5. The molecule has 25 heavy (non-hydrogen) atoms. The fourth-order valence-corrected chi connectivity index (χ4v) is 3.35. The zero-order chi connectivity index (χ0) is 18.4. The van der Waals surface area contributed by atoms with Crippen molar-refractivity contribution in [2.45, 2.75) is 38.3 Å². The Bertz CT molecular complexity index is 830. The number of amides is 1. The van der Waals surface area contributed by atoms with Crippen molar-refractivity contribution in [1.82, 2.24) is 20.0 Å². The van der Waals surface area contributed by atoms with Gasteiger partial charge in [0.2, 0.25) is 15.9 Å². The van der Waals surface area contributed by atoms with Crippen molar-refractivity contribution in [3.8, 4) is 5.88 Å². The molecule has 9 heteroatoms. The second-order valence-electron chi connectivity index (χ2n) is 5.64. The number of H-pyrrole nitrogens is 1. The van der Waals surface area contributed by atoms with Crippen LogP contribution in [0.4, 0.5) is 0 Å². The number of ether oxygens (including phenoxy) is 1. The lowest BCUT2D eigenvalue weighted by atomic mass is 10.2. The van der Waals surface area contributed by atoms with Gasteiger partial charge >= 0.3 is 0 Å². The molecule has 0 spiro atoms. The number of rotatable bonds is 8. The summed E-state index contributed by atoms with van der Waals surface area (Å²) in [4.78, 5) is 18.9. The van der Waals surface area contributed by atoms with E-state index in [2.05, 4.69) is 20.0 Å². The zero-order valence-electron chi connectivity index (χ0n) is 14.4. The first-order valence-electron chi connectivity index (χ1n) is 7.88. The summed E-state index contributed by atoms with van der Waals surface area (Å²) in [7, 11) is -3.64. The molecule has 2 aromatic rings. The second-order valence-corrected chi connectivity index (χ2v) is 7.36.